The Morgan fingerprint density at radius 2 is 1.79 bits per heavy atom. The second-order valence-electron chi connectivity index (χ2n) is 10.5. The van der Waals surface area contributed by atoms with E-state index in [2.05, 4.69) is 25.6 Å². The Kier molecular flexibility index (Phi) is 7.01. The van der Waals surface area contributed by atoms with Crippen LogP contribution in [-0.4, -0.2) is 32.0 Å². The number of aromatic nitrogens is 4. The Morgan fingerprint density at radius 3 is 2.48 bits per heavy atom. The first kappa shape index (κ1) is 27.3. The average molecular weight is 573 g/mol. The van der Waals surface area contributed by atoms with Crippen LogP contribution in [0.2, 0.25) is 0 Å². The Morgan fingerprint density at radius 1 is 1.02 bits per heavy atom. The van der Waals surface area contributed by atoms with Crippen LogP contribution >= 0.6 is 0 Å². The zero-order chi connectivity index (χ0) is 29.3. The lowest BCUT2D eigenvalue weighted by Crippen LogP contribution is -2.35. The van der Waals surface area contributed by atoms with E-state index in [4.69, 9.17) is 0 Å². The third kappa shape index (κ3) is 5.63. The number of pyridine rings is 1. The summed E-state index contributed by atoms with van der Waals surface area (Å²) < 4.78 is 40.4. The van der Waals surface area contributed by atoms with E-state index in [9.17, 15) is 22.8 Å². The minimum Gasteiger partial charge on any atom is -0.365 e. The first-order valence-electron chi connectivity index (χ1n) is 13.5. The number of amides is 1. The summed E-state index contributed by atoms with van der Waals surface area (Å²) in [6.07, 6.45) is 2.11. The summed E-state index contributed by atoms with van der Waals surface area (Å²) in [6, 6.07) is 18.1. The molecule has 0 saturated heterocycles. The van der Waals surface area contributed by atoms with Crippen molar-refractivity contribution >= 4 is 22.6 Å². The molecule has 0 radical (unpaired) electrons. The summed E-state index contributed by atoms with van der Waals surface area (Å²) in [4.78, 5) is 38.4. The first-order valence-corrected chi connectivity index (χ1v) is 13.5. The van der Waals surface area contributed by atoms with Gasteiger partial charge in [-0.05, 0) is 48.2 Å². The highest BCUT2D eigenvalue weighted by Crippen LogP contribution is 2.48. The summed E-state index contributed by atoms with van der Waals surface area (Å²) in [7, 11) is 0. The van der Waals surface area contributed by atoms with Crippen LogP contribution in [0.15, 0.2) is 90.1 Å². The van der Waals surface area contributed by atoms with Crippen molar-refractivity contribution in [3.05, 3.63) is 112 Å². The van der Waals surface area contributed by atoms with Crippen LogP contribution in [0.5, 0.6) is 0 Å². The Balaban J connectivity index is 1.21. The molecule has 0 bridgehead atoms. The lowest BCUT2D eigenvalue weighted by atomic mass is 9.95. The fourth-order valence-corrected chi connectivity index (χ4v) is 5.11. The van der Waals surface area contributed by atoms with Crippen LogP contribution in [0, 0.1) is 0 Å². The predicted octanol–water partition coefficient (Wildman–Crippen LogP) is 5.27. The van der Waals surface area contributed by atoms with Gasteiger partial charge in [-0.15, -0.1) is 0 Å². The van der Waals surface area contributed by atoms with E-state index in [1.807, 2.05) is 42.5 Å². The summed E-state index contributed by atoms with van der Waals surface area (Å²) in [5.41, 5.74) is 2.16. The fraction of sp³-hybridized carbons (Fsp3) is 0.226. The molecule has 8 nitrogen and oxygen atoms in total. The van der Waals surface area contributed by atoms with Gasteiger partial charge in [0, 0.05) is 41.0 Å². The van der Waals surface area contributed by atoms with Crippen LogP contribution in [0.4, 0.5) is 19.0 Å². The number of H-pyrrole nitrogens is 1. The smallest absolute Gasteiger partial charge is 0.365 e. The van der Waals surface area contributed by atoms with Gasteiger partial charge in [-0.3, -0.25) is 19.1 Å². The molecule has 214 valence electrons. The van der Waals surface area contributed by atoms with Gasteiger partial charge < -0.3 is 15.6 Å². The largest absolute Gasteiger partial charge is 0.416 e. The van der Waals surface area contributed by atoms with Crippen molar-refractivity contribution in [2.45, 2.75) is 37.5 Å². The van der Waals surface area contributed by atoms with Gasteiger partial charge >= 0.3 is 6.18 Å². The number of hydrogen-bond donors (Lipinski definition) is 3. The van der Waals surface area contributed by atoms with Crippen LogP contribution in [0.1, 0.15) is 29.7 Å². The molecule has 0 spiro atoms. The van der Waals surface area contributed by atoms with E-state index in [-0.39, 0.29) is 30.2 Å². The monoisotopic (exact) mass is 572 g/mol. The van der Waals surface area contributed by atoms with Crippen molar-refractivity contribution in [3.63, 3.8) is 0 Å². The molecule has 0 aliphatic heterocycles. The Labute approximate surface area is 238 Å². The summed E-state index contributed by atoms with van der Waals surface area (Å²) in [5.74, 6) is -0.282. The SMILES string of the molecule is O=C(Cn1c(-c2ccccc2)cnc(NCC2(c3ccc(C(F)(F)F)cc3)CC2)c1=O)NCc1cc2cnccc2[nH]1. The number of anilines is 1. The standard InChI is InChI=1S/C31H27F3N6O2/c32-31(33,34)23-8-6-22(7-9-23)30(11-12-30)19-38-28-29(42)40(26(17-37-28)20-4-2-1-3-5-20)18-27(41)36-16-24-14-21-15-35-13-10-25(21)39-24/h1-10,13-15,17,39H,11-12,16,18-19H2,(H,36,41)(H,37,38). The molecule has 3 heterocycles. The van der Waals surface area contributed by atoms with Gasteiger partial charge in [0.25, 0.3) is 5.56 Å². The number of carbonyl (C=O) groups excluding carboxylic acids is 1. The van der Waals surface area contributed by atoms with Crippen molar-refractivity contribution < 1.29 is 18.0 Å². The zero-order valence-electron chi connectivity index (χ0n) is 22.4. The van der Waals surface area contributed by atoms with Crippen molar-refractivity contribution in [1.82, 2.24) is 24.8 Å². The van der Waals surface area contributed by atoms with Crippen molar-refractivity contribution in [1.29, 1.82) is 0 Å². The van der Waals surface area contributed by atoms with Gasteiger partial charge in [0.05, 0.1) is 24.0 Å². The number of aromatic amines is 1. The molecule has 2 aromatic carbocycles. The van der Waals surface area contributed by atoms with Crippen molar-refractivity contribution in [3.8, 4) is 11.3 Å². The number of halogens is 3. The van der Waals surface area contributed by atoms with E-state index in [0.29, 0.717) is 12.2 Å². The zero-order valence-corrected chi connectivity index (χ0v) is 22.4. The van der Waals surface area contributed by atoms with Crippen molar-refractivity contribution in [2.75, 3.05) is 11.9 Å². The molecule has 1 aliphatic carbocycles. The fourth-order valence-electron chi connectivity index (χ4n) is 5.11. The molecular weight excluding hydrogens is 545 g/mol. The van der Waals surface area contributed by atoms with Gasteiger partial charge in [0.2, 0.25) is 5.91 Å². The van der Waals surface area contributed by atoms with E-state index in [1.165, 1.54) is 16.7 Å². The van der Waals surface area contributed by atoms with E-state index in [0.717, 1.165) is 52.7 Å². The van der Waals surface area contributed by atoms with Gasteiger partial charge in [0.15, 0.2) is 5.82 Å². The maximum atomic E-state index is 13.6. The quantitative estimate of drug-likeness (QED) is 0.223. The number of rotatable bonds is 9. The lowest BCUT2D eigenvalue weighted by molar-refractivity contribution is -0.137. The molecule has 0 atom stereocenters. The number of benzene rings is 2. The van der Waals surface area contributed by atoms with Crippen LogP contribution in [0.3, 0.4) is 0 Å². The Bertz CT molecular complexity index is 1760. The second kappa shape index (κ2) is 10.8. The molecule has 6 rings (SSSR count). The van der Waals surface area contributed by atoms with E-state index in [1.54, 1.807) is 18.6 Å². The van der Waals surface area contributed by atoms with Crippen LogP contribution in [-0.2, 0) is 29.5 Å². The molecule has 1 amide bonds. The van der Waals surface area contributed by atoms with Crippen molar-refractivity contribution in [2.24, 2.45) is 0 Å². The number of nitrogens with one attached hydrogen (secondary N) is 3. The minimum absolute atomic E-state index is 0.0729. The molecule has 5 aromatic rings. The number of carbonyl (C=O) groups is 1. The number of fused-ring (bicyclic) bond motifs is 1. The molecule has 3 N–H and O–H groups in total. The third-order valence-electron chi connectivity index (χ3n) is 7.65. The highest BCUT2D eigenvalue weighted by atomic mass is 19.4. The molecule has 0 unspecified atom stereocenters. The highest BCUT2D eigenvalue weighted by molar-refractivity contribution is 5.80. The van der Waals surface area contributed by atoms with Gasteiger partial charge in [-0.25, -0.2) is 4.98 Å². The molecule has 3 aromatic heterocycles. The average Bonchev–Trinajstić information content (AvgIpc) is 3.67. The number of nitrogens with zero attached hydrogens (tertiary/aromatic N) is 3. The lowest BCUT2D eigenvalue weighted by Gasteiger charge is -2.19. The van der Waals surface area contributed by atoms with Crippen LogP contribution < -0.4 is 16.2 Å². The normalized spacial score (nSPS) is 14.1. The topological polar surface area (TPSA) is 105 Å². The molecule has 1 aliphatic rings. The Hall–Kier alpha value is -4.93. The maximum absolute atomic E-state index is 13.6. The van der Waals surface area contributed by atoms with E-state index < -0.39 is 17.3 Å². The third-order valence-corrected chi connectivity index (χ3v) is 7.65. The number of hydrogen-bond acceptors (Lipinski definition) is 5. The summed E-state index contributed by atoms with van der Waals surface area (Å²) >= 11 is 0. The summed E-state index contributed by atoms with van der Waals surface area (Å²) in [6.45, 7) is 0.341. The molecule has 1 fully saturated rings. The van der Waals surface area contributed by atoms with Crippen LogP contribution in [0.25, 0.3) is 22.2 Å². The molecule has 1 saturated carbocycles. The molecule has 42 heavy (non-hydrogen) atoms. The predicted molar refractivity (Wildman–Crippen MR) is 153 cm³/mol. The second-order valence-corrected chi connectivity index (χ2v) is 10.5. The highest BCUT2D eigenvalue weighted by Gasteiger charge is 2.44. The van der Waals surface area contributed by atoms with E-state index >= 15 is 0 Å². The van der Waals surface area contributed by atoms with Gasteiger partial charge in [0.1, 0.15) is 6.54 Å². The minimum atomic E-state index is -4.40. The number of alkyl halides is 3. The maximum Gasteiger partial charge on any atom is 0.416 e. The molecule has 11 heteroatoms. The summed E-state index contributed by atoms with van der Waals surface area (Å²) in [5, 5.41) is 6.91. The van der Waals surface area contributed by atoms with Gasteiger partial charge in [-0.2, -0.15) is 13.2 Å². The molecular formula is C31H27F3N6O2. The first-order chi connectivity index (χ1) is 20.2. The van der Waals surface area contributed by atoms with Gasteiger partial charge in [-0.1, -0.05) is 42.5 Å².